The molecule has 0 aromatic rings. The maximum absolute atomic E-state index is 3.29. The van der Waals surface area contributed by atoms with Gasteiger partial charge in [0, 0.05) is 25.2 Å². The molecule has 0 aromatic heterocycles. The molecule has 2 nitrogen and oxygen atoms in total. The van der Waals surface area contributed by atoms with Gasteiger partial charge < -0.3 is 5.32 Å². The summed E-state index contributed by atoms with van der Waals surface area (Å²) in [6.45, 7) is 9.21. The van der Waals surface area contributed by atoms with Gasteiger partial charge in [-0.25, -0.2) is 0 Å². The second-order valence-electron chi connectivity index (χ2n) is 4.93. The molecule has 0 radical (unpaired) electrons. The molecule has 0 saturated heterocycles. The van der Waals surface area contributed by atoms with Crippen molar-refractivity contribution < 1.29 is 0 Å². The Morgan fingerprint density at radius 3 is 2.60 bits per heavy atom. The van der Waals surface area contributed by atoms with Crippen molar-refractivity contribution in [2.75, 3.05) is 20.1 Å². The van der Waals surface area contributed by atoms with E-state index < -0.39 is 0 Å². The fourth-order valence-corrected chi connectivity index (χ4v) is 1.97. The highest BCUT2D eigenvalue weighted by atomic mass is 15.1. The Hall–Kier alpha value is -0.340. The molecule has 2 heteroatoms. The first-order chi connectivity index (χ1) is 7.13. The van der Waals surface area contributed by atoms with E-state index in [1.54, 1.807) is 5.57 Å². The zero-order chi connectivity index (χ0) is 11.3. The average molecular weight is 210 g/mol. The third-order valence-corrected chi connectivity index (χ3v) is 3.46. The zero-order valence-electron chi connectivity index (χ0n) is 10.7. The zero-order valence-corrected chi connectivity index (χ0v) is 10.7. The Morgan fingerprint density at radius 2 is 2.13 bits per heavy atom. The molecule has 1 unspecified atom stereocenters. The molecule has 88 valence electrons. The van der Waals surface area contributed by atoms with Crippen molar-refractivity contribution in [1.29, 1.82) is 0 Å². The van der Waals surface area contributed by atoms with E-state index in [0.29, 0.717) is 12.1 Å². The Balaban J connectivity index is 2.28. The molecular weight excluding hydrogens is 184 g/mol. The van der Waals surface area contributed by atoms with Gasteiger partial charge in [-0.05, 0) is 47.1 Å². The van der Waals surface area contributed by atoms with Gasteiger partial charge in [0.1, 0.15) is 0 Å². The Morgan fingerprint density at radius 1 is 1.40 bits per heavy atom. The molecule has 1 N–H and O–H groups in total. The van der Waals surface area contributed by atoms with Crippen LogP contribution in [-0.2, 0) is 0 Å². The number of nitrogens with one attached hydrogen (secondary N) is 1. The number of hydrogen-bond donors (Lipinski definition) is 1. The lowest BCUT2D eigenvalue weighted by Crippen LogP contribution is -2.34. The molecule has 0 aromatic carbocycles. The summed E-state index contributed by atoms with van der Waals surface area (Å²) < 4.78 is 0. The molecule has 1 aliphatic rings. The van der Waals surface area contributed by atoms with Crippen LogP contribution in [0.5, 0.6) is 0 Å². The average Bonchev–Trinajstić information content (AvgIpc) is 2.26. The highest BCUT2D eigenvalue weighted by Gasteiger charge is 2.14. The van der Waals surface area contributed by atoms with Crippen LogP contribution < -0.4 is 5.32 Å². The van der Waals surface area contributed by atoms with E-state index in [0.717, 1.165) is 6.54 Å². The van der Waals surface area contributed by atoms with Crippen LogP contribution in [0.1, 0.15) is 40.0 Å². The quantitative estimate of drug-likeness (QED) is 0.701. The van der Waals surface area contributed by atoms with E-state index in [1.807, 2.05) is 7.05 Å². The van der Waals surface area contributed by atoms with Crippen LogP contribution in [0.4, 0.5) is 0 Å². The van der Waals surface area contributed by atoms with E-state index >= 15 is 0 Å². The van der Waals surface area contributed by atoms with E-state index in [2.05, 4.69) is 37.1 Å². The predicted molar refractivity (Wildman–Crippen MR) is 67.2 cm³/mol. The van der Waals surface area contributed by atoms with Crippen LogP contribution in [0.15, 0.2) is 11.6 Å². The number of nitrogens with zero attached hydrogens (tertiary/aromatic N) is 1. The van der Waals surface area contributed by atoms with Crippen molar-refractivity contribution in [3.8, 4) is 0 Å². The van der Waals surface area contributed by atoms with E-state index in [9.17, 15) is 0 Å². The summed E-state index contributed by atoms with van der Waals surface area (Å²) in [5, 5.41) is 3.29. The molecule has 0 fully saturated rings. The van der Waals surface area contributed by atoms with Gasteiger partial charge in [-0.2, -0.15) is 0 Å². The van der Waals surface area contributed by atoms with E-state index in [-0.39, 0.29) is 0 Å². The van der Waals surface area contributed by atoms with Gasteiger partial charge in [0.2, 0.25) is 0 Å². The minimum absolute atomic E-state index is 0.647. The highest BCUT2D eigenvalue weighted by Crippen LogP contribution is 2.18. The molecule has 0 spiro atoms. The fraction of sp³-hybridized carbons (Fsp3) is 0.846. The molecule has 1 rings (SSSR count). The van der Waals surface area contributed by atoms with Gasteiger partial charge in [-0.15, -0.1) is 0 Å². The molecule has 0 saturated carbocycles. The SMILES string of the molecule is CNC(C)CCC1=CCN(C(C)C)CC1. The van der Waals surface area contributed by atoms with Crippen LogP contribution >= 0.6 is 0 Å². The Labute approximate surface area is 94.7 Å². The summed E-state index contributed by atoms with van der Waals surface area (Å²) in [5.41, 5.74) is 1.66. The summed E-state index contributed by atoms with van der Waals surface area (Å²) in [5.74, 6) is 0. The van der Waals surface area contributed by atoms with Crippen molar-refractivity contribution in [1.82, 2.24) is 10.2 Å². The van der Waals surface area contributed by atoms with Gasteiger partial charge in [0.15, 0.2) is 0 Å². The fourth-order valence-electron chi connectivity index (χ4n) is 1.97. The highest BCUT2D eigenvalue weighted by molar-refractivity contribution is 5.07. The topological polar surface area (TPSA) is 15.3 Å². The maximum atomic E-state index is 3.29. The molecule has 1 heterocycles. The smallest absolute Gasteiger partial charge is 0.0168 e. The van der Waals surface area contributed by atoms with Gasteiger partial charge >= 0.3 is 0 Å². The maximum Gasteiger partial charge on any atom is 0.0168 e. The van der Waals surface area contributed by atoms with Crippen LogP contribution in [0.25, 0.3) is 0 Å². The van der Waals surface area contributed by atoms with Crippen LogP contribution in [0.2, 0.25) is 0 Å². The molecule has 0 bridgehead atoms. The summed E-state index contributed by atoms with van der Waals surface area (Å²) in [6, 6.07) is 1.34. The summed E-state index contributed by atoms with van der Waals surface area (Å²) >= 11 is 0. The van der Waals surface area contributed by atoms with Crippen molar-refractivity contribution in [2.45, 2.75) is 52.1 Å². The van der Waals surface area contributed by atoms with Crippen molar-refractivity contribution >= 4 is 0 Å². The molecule has 0 aliphatic carbocycles. The summed E-state index contributed by atoms with van der Waals surface area (Å²) in [4.78, 5) is 2.53. The Bertz CT molecular complexity index is 209. The second-order valence-corrected chi connectivity index (χ2v) is 4.93. The molecular formula is C13H26N2. The predicted octanol–water partition coefficient (Wildman–Crippen LogP) is 2.42. The normalized spacial score (nSPS) is 20.5. The standard InChI is InChI=1S/C13H26N2/c1-11(2)15-9-7-13(8-10-15)6-5-12(3)14-4/h7,11-12,14H,5-6,8-10H2,1-4H3. The molecule has 1 atom stereocenters. The molecule has 15 heavy (non-hydrogen) atoms. The van der Waals surface area contributed by atoms with Crippen LogP contribution in [0, 0.1) is 0 Å². The third-order valence-electron chi connectivity index (χ3n) is 3.46. The van der Waals surface area contributed by atoms with Crippen molar-refractivity contribution in [3.63, 3.8) is 0 Å². The van der Waals surface area contributed by atoms with Gasteiger partial charge in [0.05, 0.1) is 0 Å². The van der Waals surface area contributed by atoms with E-state index in [4.69, 9.17) is 0 Å². The first kappa shape index (κ1) is 12.7. The van der Waals surface area contributed by atoms with Crippen LogP contribution in [-0.4, -0.2) is 37.1 Å². The lowest BCUT2D eigenvalue weighted by Gasteiger charge is -2.30. The summed E-state index contributed by atoms with van der Waals surface area (Å²) in [6.07, 6.45) is 6.25. The first-order valence-corrected chi connectivity index (χ1v) is 6.22. The number of rotatable bonds is 5. The lowest BCUT2D eigenvalue weighted by atomic mass is 10.00. The largest absolute Gasteiger partial charge is 0.317 e. The van der Waals surface area contributed by atoms with Crippen molar-refractivity contribution in [3.05, 3.63) is 11.6 Å². The molecule has 1 aliphatic heterocycles. The summed E-state index contributed by atoms with van der Waals surface area (Å²) in [7, 11) is 2.04. The van der Waals surface area contributed by atoms with Gasteiger partial charge in [-0.3, -0.25) is 4.90 Å². The number of hydrogen-bond acceptors (Lipinski definition) is 2. The van der Waals surface area contributed by atoms with Crippen LogP contribution in [0.3, 0.4) is 0 Å². The third kappa shape index (κ3) is 4.35. The van der Waals surface area contributed by atoms with E-state index in [1.165, 1.54) is 25.8 Å². The van der Waals surface area contributed by atoms with Gasteiger partial charge in [0.25, 0.3) is 0 Å². The van der Waals surface area contributed by atoms with Crippen molar-refractivity contribution in [2.24, 2.45) is 0 Å². The second kappa shape index (κ2) is 6.29. The Kier molecular flexibility index (Phi) is 5.34. The minimum atomic E-state index is 0.647. The molecule has 0 amide bonds. The van der Waals surface area contributed by atoms with Gasteiger partial charge in [-0.1, -0.05) is 11.6 Å². The lowest BCUT2D eigenvalue weighted by molar-refractivity contribution is 0.237. The first-order valence-electron chi connectivity index (χ1n) is 6.22. The monoisotopic (exact) mass is 210 g/mol. The minimum Gasteiger partial charge on any atom is -0.317 e.